The van der Waals surface area contributed by atoms with Crippen LogP contribution in [0.25, 0.3) is 0 Å². The van der Waals surface area contributed by atoms with Crippen LogP contribution in [0.3, 0.4) is 0 Å². The van der Waals surface area contributed by atoms with Crippen LogP contribution in [-0.2, 0) is 4.74 Å². The lowest BCUT2D eigenvalue weighted by molar-refractivity contribution is 0.316. The lowest BCUT2D eigenvalue weighted by atomic mass is 10.5. The lowest BCUT2D eigenvalue weighted by Crippen LogP contribution is -2.03. The fourth-order valence-electron chi connectivity index (χ4n) is 0.446. The van der Waals surface area contributed by atoms with E-state index in [4.69, 9.17) is 4.74 Å². The van der Waals surface area contributed by atoms with Crippen LogP contribution in [0.4, 0.5) is 0 Å². The Labute approximate surface area is 61.8 Å². The van der Waals surface area contributed by atoms with E-state index in [1.807, 2.05) is 19.9 Å². The van der Waals surface area contributed by atoms with Gasteiger partial charge >= 0.3 is 0 Å². The van der Waals surface area contributed by atoms with Crippen molar-refractivity contribution in [1.29, 1.82) is 0 Å². The van der Waals surface area contributed by atoms with Crippen LogP contribution in [-0.4, -0.2) is 19.9 Å². The van der Waals surface area contributed by atoms with Crippen LogP contribution < -0.4 is 5.43 Å². The van der Waals surface area contributed by atoms with E-state index in [1.54, 1.807) is 13.3 Å². The van der Waals surface area contributed by atoms with Gasteiger partial charge in [0.15, 0.2) is 0 Å². The summed E-state index contributed by atoms with van der Waals surface area (Å²) in [6.07, 6.45) is 3.49. The van der Waals surface area contributed by atoms with E-state index >= 15 is 0 Å². The van der Waals surface area contributed by atoms with Crippen LogP contribution >= 0.6 is 0 Å². The molecule has 0 fully saturated rings. The Kier molecular flexibility index (Phi) is 5.53. The molecule has 0 aromatic carbocycles. The zero-order chi connectivity index (χ0) is 7.82. The second kappa shape index (κ2) is 6.13. The Hall–Kier alpha value is -0.990. The number of nitrogens with zero attached hydrogens (tertiary/aromatic N) is 1. The number of methoxy groups -OCH3 is 1. The third-order valence-electron chi connectivity index (χ3n) is 0.961. The highest BCUT2D eigenvalue weighted by atomic mass is 16.5. The maximum Gasteiger partial charge on any atom is 0.134 e. The SMILES string of the molecule is CC=C(C=NNCC)OC. The standard InChI is InChI=1S/C7H14N2O/c1-4-7(10-3)6-9-8-5-2/h4,6,8H,5H2,1-3H3. The molecule has 0 unspecified atom stereocenters. The largest absolute Gasteiger partial charge is 0.495 e. The van der Waals surface area contributed by atoms with Crippen LogP contribution in [0.15, 0.2) is 16.9 Å². The first kappa shape index (κ1) is 9.01. The topological polar surface area (TPSA) is 33.6 Å². The number of hydrogen-bond donors (Lipinski definition) is 1. The molecule has 1 N–H and O–H groups in total. The van der Waals surface area contributed by atoms with Crippen molar-refractivity contribution >= 4 is 6.21 Å². The van der Waals surface area contributed by atoms with E-state index in [9.17, 15) is 0 Å². The second-order valence-corrected chi connectivity index (χ2v) is 1.67. The molecular weight excluding hydrogens is 128 g/mol. The van der Waals surface area contributed by atoms with Gasteiger partial charge in [-0.1, -0.05) is 0 Å². The smallest absolute Gasteiger partial charge is 0.134 e. The number of nitrogens with one attached hydrogen (secondary N) is 1. The monoisotopic (exact) mass is 142 g/mol. The molecule has 0 radical (unpaired) electrons. The van der Waals surface area contributed by atoms with Gasteiger partial charge in [0, 0.05) is 6.54 Å². The van der Waals surface area contributed by atoms with Crippen LogP contribution in [0.2, 0.25) is 0 Å². The van der Waals surface area contributed by atoms with E-state index < -0.39 is 0 Å². The molecule has 58 valence electrons. The predicted octanol–water partition coefficient (Wildman–Crippen LogP) is 1.13. The molecule has 0 spiro atoms. The first-order chi connectivity index (χ1) is 4.85. The molecule has 3 nitrogen and oxygen atoms in total. The van der Waals surface area contributed by atoms with Gasteiger partial charge in [-0.05, 0) is 19.9 Å². The van der Waals surface area contributed by atoms with Crippen LogP contribution in [0.1, 0.15) is 13.8 Å². The van der Waals surface area contributed by atoms with E-state index in [0.717, 1.165) is 12.3 Å². The summed E-state index contributed by atoms with van der Waals surface area (Å²) in [4.78, 5) is 0. The second-order valence-electron chi connectivity index (χ2n) is 1.67. The van der Waals surface area contributed by atoms with E-state index in [1.165, 1.54) is 0 Å². The van der Waals surface area contributed by atoms with Gasteiger partial charge in [-0.2, -0.15) is 5.10 Å². The molecule has 0 aliphatic rings. The number of ether oxygens (including phenoxy) is 1. The first-order valence-electron chi connectivity index (χ1n) is 3.31. The van der Waals surface area contributed by atoms with Crippen molar-refractivity contribution in [2.24, 2.45) is 5.10 Å². The molecular formula is C7H14N2O. The summed E-state index contributed by atoms with van der Waals surface area (Å²) in [5.74, 6) is 0.765. The maximum atomic E-state index is 4.92. The molecule has 0 aromatic heterocycles. The van der Waals surface area contributed by atoms with Gasteiger partial charge in [0.2, 0.25) is 0 Å². The zero-order valence-electron chi connectivity index (χ0n) is 6.72. The minimum absolute atomic E-state index is 0.765. The summed E-state index contributed by atoms with van der Waals surface area (Å²) in [7, 11) is 1.62. The van der Waals surface area contributed by atoms with Gasteiger partial charge in [-0.3, -0.25) is 0 Å². The fourth-order valence-corrected chi connectivity index (χ4v) is 0.446. The molecule has 0 heterocycles. The van der Waals surface area contributed by atoms with Crippen molar-refractivity contribution in [1.82, 2.24) is 5.43 Å². The molecule has 0 aromatic rings. The molecule has 0 amide bonds. The van der Waals surface area contributed by atoms with Crippen molar-refractivity contribution in [2.75, 3.05) is 13.7 Å². The normalized spacial score (nSPS) is 12.1. The molecule has 10 heavy (non-hydrogen) atoms. The Morgan fingerprint density at radius 3 is 2.80 bits per heavy atom. The van der Waals surface area contributed by atoms with Crippen molar-refractivity contribution in [3.05, 3.63) is 11.8 Å². The van der Waals surface area contributed by atoms with Gasteiger partial charge < -0.3 is 10.2 Å². The van der Waals surface area contributed by atoms with E-state index in [2.05, 4.69) is 10.5 Å². The molecule has 3 heteroatoms. The van der Waals surface area contributed by atoms with Crippen molar-refractivity contribution in [2.45, 2.75) is 13.8 Å². The summed E-state index contributed by atoms with van der Waals surface area (Å²) in [6.45, 7) is 4.72. The third-order valence-corrected chi connectivity index (χ3v) is 0.961. The Bertz CT molecular complexity index is 130. The molecule has 0 aliphatic carbocycles. The van der Waals surface area contributed by atoms with E-state index in [-0.39, 0.29) is 0 Å². The molecule has 0 rings (SSSR count). The number of allylic oxidation sites excluding steroid dienone is 2. The summed E-state index contributed by atoms with van der Waals surface area (Å²) in [5.41, 5.74) is 2.80. The highest BCUT2D eigenvalue weighted by Gasteiger charge is 1.83. The zero-order valence-corrected chi connectivity index (χ0v) is 6.72. The molecule has 0 aliphatic heterocycles. The average molecular weight is 142 g/mol. The average Bonchev–Trinajstić information content (AvgIpc) is 1.99. The maximum absolute atomic E-state index is 4.92. The van der Waals surface area contributed by atoms with Gasteiger partial charge in [0.1, 0.15) is 5.76 Å². The number of rotatable bonds is 4. The van der Waals surface area contributed by atoms with Crippen LogP contribution in [0, 0.1) is 0 Å². The van der Waals surface area contributed by atoms with E-state index in [0.29, 0.717) is 0 Å². The van der Waals surface area contributed by atoms with Gasteiger partial charge in [0.25, 0.3) is 0 Å². The minimum Gasteiger partial charge on any atom is -0.495 e. The van der Waals surface area contributed by atoms with Gasteiger partial charge in [-0.15, -0.1) is 0 Å². The van der Waals surface area contributed by atoms with Crippen molar-refractivity contribution in [3.63, 3.8) is 0 Å². The predicted molar refractivity (Wildman–Crippen MR) is 42.9 cm³/mol. The summed E-state index contributed by atoms with van der Waals surface area (Å²) >= 11 is 0. The summed E-state index contributed by atoms with van der Waals surface area (Å²) in [5, 5.41) is 3.86. The highest BCUT2D eigenvalue weighted by Crippen LogP contribution is 1.87. The lowest BCUT2D eigenvalue weighted by Gasteiger charge is -1.96. The Balaban J connectivity index is 3.63. The van der Waals surface area contributed by atoms with Gasteiger partial charge in [-0.25, -0.2) is 0 Å². The van der Waals surface area contributed by atoms with Crippen molar-refractivity contribution in [3.8, 4) is 0 Å². The summed E-state index contributed by atoms with van der Waals surface area (Å²) in [6, 6.07) is 0. The Morgan fingerprint density at radius 2 is 2.40 bits per heavy atom. The number of hydrazone groups is 1. The van der Waals surface area contributed by atoms with Crippen molar-refractivity contribution < 1.29 is 4.74 Å². The fraction of sp³-hybridized carbons (Fsp3) is 0.571. The number of hydrogen-bond acceptors (Lipinski definition) is 3. The third kappa shape index (κ3) is 3.95. The quantitative estimate of drug-likeness (QED) is 0.362. The summed E-state index contributed by atoms with van der Waals surface area (Å²) < 4.78 is 4.92. The molecule has 0 saturated carbocycles. The molecule has 0 saturated heterocycles. The first-order valence-corrected chi connectivity index (χ1v) is 3.31. The molecule has 0 atom stereocenters. The minimum atomic E-state index is 0.765. The highest BCUT2D eigenvalue weighted by molar-refractivity contribution is 5.75. The van der Waals surface area contributed by atoms with Crippen LogP contribution in [0.5, 0.6) is 0 Å². The Morgan fingerprint density at radius 1 is 1.70 bits per heavy atom. The van der Waals surface area contributed by atoms with Gasteiger partial charge in [0.05, 0.1) is 13.3 Å². The molecule has 0 bridgehead atoms.